The molecule has 51 heavy (non-hydrogen) atoms. The van der Waals surface area contributed by atoms with E-state index < -0.39 is 24.5 Å². The number of nitrogens with one attached hydrogen (secondary N) is 2. The van der Waals surface area contributed by atoms with Crippen LogP contribution in [0.3, 0.4) is 0 Å². The molecule has 0 aliphatic heterocycles. The number of aliphatic hydroxyl groups excluding tert-OH is 1. The van der Waals surface area contributed by atoms with Gasteiger partial charge in [-0.15, -0.1) is 0 Å². The zero-order valence-electron chi connectivity index (χ0n) is 32.1. The molecule has 0 radical (unpaired) electrons. The Morgan fingerprint density at radius 2 is 1.10 bits per heavy atom. The number of esters is 1. The maximum Gasteiger partial charge on any atom is 0.328 e. The topological polar surface area (TPSA) is 142 Å². The first-order valence-corrected chi connectivity index (χ1v) is 20.0. The van der Waals surface area contributed by atoms with Crippen molar-refractivity contribution in [1.29, 1.82) is 0 Å². The first kappa shape index (κ1) is 47.8. The Morgan fingerprint density at radius 3 is 1.63 bits per heavy atom. The van der Waals surface area contributed by atoms with Gasteiger partial charge in [-0.2, -0.15) is 0 Å². The number of carboxylic acid groups (broad SMARTS) is 1. The fraction of sp³-hybridized carbons (Fsp3) is 0.714. The monoisotopic (exact) mass is 717 g/mol. The van der Waals surface area contributed by atoms with Crippen LogP contribution in [-0.2, 0) is 23.9 Å². The zero-order valence-corrected chi connectivity index (χ0v) is 32.1. The summed E-state index contributed by atoms with van der Waals surface area (Å²) in [5.41, 5.74) is 0. The molecule has 0 aliphatic carbocycles. The summed E-state index contributed by atoms with van der Waals surface area (Å²) in [6.07, 6.45) is 41.5. The minimum Gasteiger partial charge on any atom is -0.480 e. The summed E-state index contributed by atoms with van der Waals surface area (Å²) in [5.74, 6) is -2.40. The average Bonchev–Trinajstić information content (AvgIpc) is 3.11. The Kier molecular flexibility index (Phi) is 34.3. The third kappa shape index (κ3) is 33.7. The van der Waals surface area contributed by atoms with Crippen molar-refractivity contribution < 1.29 is 34.1 Å². The molecule has 0 saturated carbocycles. The molecule has 0 aromatic heterocycles. The quantitative estimate of drug-likeness (QED) is 0.0291. The Labute approximate surface area is 309 Å². The summed E-state index contributed by atoms with van der Waals surface area (Å²) in [6, 6.07) is -1.39. The Balaban J connectivity index is 4.44. The molecular weight excluding hydrogens is 644 g/mol. The zero-order chi connectivity index (χ0) is 37.6. The summed E-state index contributed by atoms with van der Waals surface area (Å²) in [4.78, 5) is 47.4. The van der Waals surface area contributed by atoms with Crippen molar-refractivity contribution in [3.05, 3.63) is 48.6 Å². The lowest BCUT2D eigenvalue weighted by Crippen LogP contribution is -2.47. The highest BCUT2D eigenvalue weighted by Crippen LogP contribution is 2.15. The van der Waals surface area contributed by atoms with Gasteiger partial charge >= 0.3 is 11.9 Å². The third-order valence-electron chi connectivity index (χ3n) is 8.57. The smallest absolute Gasteiger partial charge is 0.328 e. The molecule has 9 nitrogen and oxygen atoms in total. The van der Waals surface area contributed by atoms with Crippen LogP contribution in [0.25, 0.3) is 0 Å². The lowest BCUT2D eigenvalue weighted by Gasteiger charge is -2.15. The van der Waals surface area contributed by atoms with Gasteiger partial charge in [0.05, 0.1) is 13.2 Å². The first-order chi connectivity index (χ1) is 24.8. The standard InChI is InChI=1S/C42H72N2O7/c1-3-5-7-9-11-13-15-17-19-21-26-30-34-41(48)51-37(31-27-23-20-18-16-14-12-10-8-6-4-2)32-28-24-22-25-29-33-39(46)43-35-40(47)44-38(36-45)42(49)50/h6,8,12,14,18,20,27,31,37-38,45H,3-5,7,9-11,13,15-17,19,21-26,28-30,32-36H2,1-2H3,(H,43,46)(H,44,47)(H,49,50)/b8-6-,14-12-,20-18-,31-27-. The van der Waals surface area contributed by atoms with Gasteiger partial charge in [-0.3, -0.25) is 14.4 Å². The van der Waals surface area contributed by atoms with E-state index in [2.05, 4.69) is 67.0 Å². The summed E-state index contributed by atoms with van der Waals surface area (Å²) < 4.78 is 5.89. The van der Waals surface area contributed by atoms with Gasteiger partial charge in [0.2, 0.25) is 11.8 Å². The summed E-state index contributed by atoms with van der Waals surface area (Å²) in [5, 5.41) is 22.5. The van der Waals surface area contributed by atoms with Crippen molar-refractivity contribution in [3.8, 4) is 0 Å². The fourth-order valence-electron chi connectivity index (χ4n) is 5.51. The molecule has 0 rings (SSSR count). The Morgan fingerprint density at radius 1 is 0.608 bits per heavy atom. The van der Waals surface area contributed by atoms with E-state index in [-0.39, 0.29) is 30.9 Å². The van der Waals surface area contributed by atoms with Crippen LogP contribution in [-0.4, -0.2) is 59.3 Å². The van der Waals surface area contributed by atoms with Crippen LogP contribution in [0, 0.1) is 0 Å². The van der Waals surface area contributed by atoms with Crippen LogP contribution in [0.15, 0.2) is 48.6 Å². The lowest BCUT2D eigenvalue weighted by atomic mass is 10.0. The second kappa shape index (κ2) is 36.6. The van der Waals surface area contributed by atoms with Crippen molar-refractivity contribution >= 4 is 23.8 Å². The number of amides is 2. The van der Waals surface area contributed by atoms with Crippen LogP contribution in [0.5, 0.6) is 0 Å². The first-order valence-electron chi connectivity index (χ1n) is 20.0. The molecule has 0 aliphatic rings. The van der Waals surface area contributed by atoms with Crippen LogP contribution in [0.1, 0.15) is 168 Å². The molecule has 292 valence electrons. The van der Waals surface area contributed by atoms with Gasteiger partial charge in [0.15, 0.2) is 0 Å². The number of carbonyl (C=O) groups excluding carboxylic acids is 3. The number of carboxylic acids is 1. The van der Waals surface area contributed by atoms with E-state index >= 15 is 0 Å². The summed E-state index contributed by atoms with van der Waals surface area (Å²) >= 11 is 0. The molecule has 0 bridgehead atoms. The average molecular weight is 717 g/mol. The second-order valence-corrected chi connectivity index (χ2v) is 13.3. The van der Waals surface area contributed by atoms with E-state index in [0.29, 0.717) is 12.8 Å². The SMILES string of the molecule is CC/C=C\C/C=C\C/C=C\C/C=C\C(CCCCCCCC(=O)NCC(=O)NC(CO)C(=O)O)OC(=O)CCCCCCCCCCCCCC. The minimum absolute atomic E-state index is 0.121. The van der Waals surface area contributed by atoms with Crippen LogP contribution in [0.2, 0.25) is 0 Å². The van der Waals surface area contributed by atoms with E-state index in [1.807, 2.05) is 6.08 Å². The molecule has 0 spiro atoms. The Hall–Kier alpha value is -3.20. The lowest BCUT2D eigenvalue weighted by molar-refractivity contribution is -0.147. The molecule has 2 atom stereocenters. The highest BCUT2D eigenvalue weighted by molar-refractivity contribution is 5.87. The largest absolute Gasteiger partial charge is 0.480 e. The summed E-state index contributed by atoms with van der Waals surface area (Å²) in [7, 11) is 0. The van der Waals surface area contributed by atoms with E-state index in [4.69, 9.17) is 14.9 Å². The molecular formula is C42H72N2O7. The molecule has 0 fully saturated rings. The number of rotatable bonds is 35. The maximum absolute atomic E-state index is 12.7. The van der Waals surface area contributed by atoms with E-state index in [9.17, 15) is 19.2 Å². The molecule has 0 aromatic carbocycles. The predicted octanol–water partition coefficient (Wildman–Crippen LogP) is 9.20. The van der Waals surface area contributed by atoms with Crippen LogP contribution < -0.4 is 10.6 Å². The van der Waals surface area contributed by atoms with Gasteiger partial charge in [0, 0.05) is 12.8 Å². The molecule has 0 heterocycles. The van der Waals surface area contributed by atoms with Gasteiger partial charge in [-0.05, 0) is 57.4 Å². The van der Waals surface area contributed by atoms with Crippen molar-refractivity contribution in [2.75, 3.05) is 13.2 Å². The highest BCUT2D eigenvalue weighted by atomic mass is 16.5. The molecule has 2 amide bonds. The number of ether oxygens (including phenoxy) is 1. The highest BCUT2D eigenvalue weighted by Gasteiger charge is 2.18. The van der Waals surface area contributed by atoms with Crippen molar-refractivity contribution in [1.82, 2.24) is 10.6 Å². The minimum atomic E-state index is -1.39. The molecule has 9 heteroatoms. The van der Waals surface area contributed by atoms with E-state index in [1.165, 1.54) is 64.2 Å². The van der Waals surface area contributed by atoms with Crippen molar-refractivity contribution in [2.24, 2.45) is 0 Å². The number of hydrogen-bond donors (Lipinski definition) is 4. The number of allylic oxidation sites excluding steroid dienone is 7. The Bertz CT molecular complexity index is 1010. The third-order valence-corrected chi connectivity index (χ3v) is 8.57. The van der Waals surface area contributed by atoms with Gasteiger partial charge in [-0.1, -0.05) is 146 Å². The summed E-state index contributed by atoms with van der Waals surface area (Å²) in [6.45, 7) is 3.33. The van der Waals surface area contributed by atoms with E-state index in [1.54, 1.807) is 0 Å². The van der Waals surface area contributed by atoms with Gasteiger partial charge in [-0.25, -0.2) is 4.79 Å². The number of carbonyl (C=O) groups is 4. The molecule has 2 unspecified atom stereocenters. The molecule has 4 N–H and O–H groups in total. The van der Waals surface area contributed by atoms with Crippen LogP contribution >= 0.6 is 0 Å². The number of aliphatic hydroxyl groups is 1. The molecule has 0 saturated heterocycles. The molecule has 0 aromatic rings. The second-order valence-electron chi connectivity index (χ2n) is 13.3. The van der Waals surface area contributed by atoms with Crippen molar-refractivity contribution in [2.45, 2.75) is 180 Å². The van der Waals surface area contributed by atoms with Gasteiger partial charge in [0.25, 0.3) is 0 Å². The maximum atomic E-state index is 12.7. The van der Waals surface area contributed by atoms with E-state index in [0.717, 1.165) is 70.6 Å². The van der Waals surface area contributed by atoms with Gasteiger partial charge < -0.3 is 25.6 Å². The normalized spacial score (nSPS) is 13.0. The number of hydrogen-bond acceptors (Lipinski definition) is 6. The number of unbranched alkanes of at least 4 members (excludes halogenated alkanes) is 15. The predicted molar refractivity (Wildman–Crippen MR) is 208 cm³/mol. The number of aliphatic carboxylic acids is 1. The fourth-order valence-corrected chi connectivity index (χ4v) is 5.51. The van der Waals surface area contributed by atoms with Gasteiger partial charge in [0.1, 0.15) is 12.1 Å². The van der Waals surface area contributed by atoms with Crippen molar-refractivity contribution in [3.63, 3.8) is 0 Å². The van der Waals surface area contributed by atoms with Crippen LogP contribution in [0.4, 0.5) is 0 Å².